The molecule has 0 saturated carbocycles. The van der Waals surface area contributed by atoms with E-state index in [1.807, 2.05) is 0 Å². The Morgan fingerprint density at radius 1 is 1.23 bits per heavy atom. The Labute approximate surface area is 155 Å². The highest BCUT2D eigenvalue weighted by Crippen LogP contribution is 2.23. The lowest BCUT2D eigenvalue weighted by atomic mass is 10.2. The van der Waals surface area contributed by atoms with E-state index in [1.165, 1.54) is 35.5 Å². The summed E-state index contributed by atoms with van der Waals surface area (Å²) in [6, 6.07) is 8.11. The number of esters is 1. The number of nitrogens with zero attached hydrogens (tertiary/aromatic N) is 1. The minimum absolute atomic E-state index is 0.122. The average molecular weight is 378 g/mol. The summed E-state index contributed by atoms with van der Waals surface area (Å²) in [4.78, 5) is 27.3. The van der Waals surface area contributed by atoms with Gasteiger partial charge in [0.15, 0.2) is 6.54 Å². The summed E-state index contributed by atoms with van der Waals surface area (Å²) in [6.45, 7) is 3.59. The number of halogens is 1. The Balaban J connectivity index is 1.50. The fourth-order valence-corrected chi connectivity index (χ4v) is 3.78. The standard InChI is InChI=1S/C18H20FN3O3S/c1-25-18(24)15-6-11-26-17(15)20-16(23)12-21-7-9-22(10-8-21)14-4-2-13(19)3-5-14/h2-6,11H,7-10,12H2,1H3,(H,20,23)/p+1. The van der Waals surface area contributed by atoms with E-state index in [4.69, 9.17) is 4.74 Å². The fraction of sp³-hybridized carbons (Fsp3) is 0.333. The van der Waals surface area contributed by atoms with Crippen LogP contribution in [0, 0.1) is 5.82 Å². The molecule has 0 unspecified atom stereocenters. The summed E-state index contributed by atoms with van der Waals surface area (Å²) in [7, 11) is 1.32. The number of thiophene rings is 1. The number of methoxy groups -OCH3 is 1. The van der Waals surface area contributed by atoms with Gasteiger partial charge in [0.05, 0.1) is 38.9 Å². The van der Waals surface area contributed by atoms with Gasteiger partial charge in [-0.25, -0.2) is 9.18 Å². The molecule has 1 aromatic carbocycles. The van der Waals surface area contributed by atoms with E-state index in [9.17, 15) is 14.0 Å². The predicted molar refractivity (Wildman–Crippen MR) is 98.5 cm³/mol. The third-order valence-electron chi connectivity index (χ3n) is 4.40. The van der Waals surface area contributed by atoms with Crippen LogP contribution in [-0.4, -0.2) is 51.7 Å². The van der Waals surface area contributed by atoms with Crippen LogP contribution in [0.1, 0.15) is 10.4 Å². The normalized spacial score (nSPS) is 14.9. The first-order chi connectivity index (χ1) is 12.6. The number of benzene rings is 1. The number of rotatable bonds is 5. The summed E-state index contributed by atoms with van der Waals surface area (Å²) in [6.07, 6.45) is 0. The number of anilines is 2. The van der Waals surface area contributed by atoms with Crippen LogP contribution in [0.4, 0.5) is 15.1 Å². The molecule has 26 heavy (non-hydrogen) atoms. The molecule has 0 spiro atoms. The second kappa shape index (κ2) is 8.29. The number of piperazine rings is 1. The molecule has 2 aromatic rings. The van der Waals surface area contributed by atoms with Crippen LogP contribution in [0.5, 0.6) is 0 Å². The molecule has 0 atom stereocenters. The van der Waals surface area contributed by atoms with Gasteiger partial charge in [-0.05, 0) is 35.7 Å². The molecule has 1 amide bonds. The van der Waals surface area contributed by atoms with Crippen molar-refractivity contribution in [1.29, 1.82) is 0 Å². The molecule has 1 aromatic heterocycles. The Morgan fingerprint density at radius 3 is 2.58 bits per heavy atom. The number of carbonyl (C=O) groups is 2. The number of ether oxygens (including phenoxy) is 1. The van der Waals surface area contributed by atoms with Crippen LogP contribution in [-0.2, 0) is 9.53 Å². The third-order valence-corrected chi connectivity index (χ3v) is 5.23. The van der Waals surface area contributed by atoms with Gasteiger partial charge in [-0.15, -0.1) is 11.3 Å². The number of carbonyl (C=O) groups excluding carboxylic acids is 2. The molecule has 6 nitrogen and oxygen atoms in total. The van der Waals surface area contributed by atoms with Gasteiger partial charge in [0.1, 0.15) is 10.8 Å². The van der Waals surface area contributed by atoms with E-state index in [1.54, 1.807) is 23.6 Å². The Hall–Kier alpha value is -2.45. The summed E-state index contributed by atoms with van der Waals surface area (Å²) in [5, 5.41) is 5.07. The van der Waals surface area contributed by atoms with E-state index in [-0.39, 0.29) is 11.7 Å². The van der Waals surface area contributed by atoms with E-state index in [0.29, 0.717) is 17.1 Å². The molecule has 2 N–H and O–H groups in total. The first-order valence-corrected chi connectivity index (χ1v) is 9.24. The molecule has 2 heterocycles. The fourth-order valence-electron chi connectivity index (χ4n) is 2.98. The first-order valence-electron chi connectivity index (χ1n) is 8.36. The van der Waals surface area contributed by atoms with Gasteiger partial charge in [-0.1, -0.05) is 0 Å². The number of hydrogen-bond donors (Lipinski definition) is 2. The van der Waals surface area contributed by atoms with Gasteiger partial charge in [-0.2, -0.15) is 0 Å². The zero-order valence-corrected chi connectivity index (χ0v) is 15.3. The van der Waals surface area contributed by atoms with Gasteiger partial charge in [0.2, 0.25) is 0 Å². The van der Waals surface area contributed by atoms with Crippen molar-refractivity contribution in [3.05, 3.63) is 47.1 Å². The van der Waals surface area contributed by atoms with Crippen LogP contribution in [0.25, 0.3) is 0 Å². The molecule has 138 valence electrons. The molecule has 0 bridgehead atoms. The lowest BCUT2D eigenvalue weighted by molar-refractivity contribution is -0.892. The highest BCUT2D eigenvalue weighted by Gasteiger charge is 2.23. The third kappa shape index (κ3) is 4.39. The summed E-state index contributed by atoms with van der Waals surface area (Å²) < 4.78 is 17.7. The first kappa shape index (κ1) is 18.3. The molecule has 3 rings (SSSR count). The second-order valence-electron chi connectivity index (χ2n) is 6.09. The smallest absolute Gasteiger partial charge is 0.340 e. The number of amides is 1. The van der Waals surface area contributed by atoms with Crippen LogP contribution in [0.3, 0.4) is 0 Å². The summed E-state index contributed by atoms with van der Waals surface area (Å²) in [5.74, 6) is -0.820. The highest BCUT2D eigenvalue weighted by molar-refractivity contribution is 7.14. The predicted octanol–water partition coefficient (Wildman–Crippen LogP) is 1.02. The molecule has 1 fully saturated rings. The van der Waals surface area contributed by atoms with Gasteiger partial charge in [-0.3, -0.25) is 4.79 Å². The maximum absolute atomic E-state index is 13.0. The number of hydrogen-bond acceptors (Lipinski definition) is 5. The van der Waals surface area contributed by atoms with E-state index in [0.717, 1.165) is 31.9 Å². The van der Waals surface area contributed by atoms with E-state index >= 15 is 0 Å². The highest BCUT2D eigenvalue weighted by atomic mass is 32.1. The summed E-state index contributed by atoms with van der Waals surface area (Å²) in [5.41, 5.74) is 1.37. The van der Waals surface area contributed by atoms with Crippen molar-refractivity contribution < 1.29 is 23.6 Å². The molecule has 8 heteroatoms. The zero-order valence-electron chi connectivity index (χ0n) is 14.5. The minimum atomic E-state index is -0.457. The van der Waals surface area contributed by atoms with Crippen LogP contribution in [0.2, 0.25) is 0 Å². The molecule has 1 aliphatic rings. The average Bonchev–Trinajstić information content (AvgIpc) is 3.10. The SMILES string of the molecule is COC(=O)c1ccsc1NC(=O)C[NH+]1CCN(c2ccc(F)cc2)CC1. The summed E-state index contributed by atoms with van der Waals surface area (Å²) >= 11 is 1.30. The molecular formula is C18H21FN3O3S+. The van der Waals surface area contributed by atoms with Crippen molar-refractivity contribution in [3.63, 3.8) is 0 Å². The second-order valence-corrected chi connectivity index (χ2v) is 7.01. The van der Waals surface area contributed by atoms with Crippen molar-refractivity contribution in [2.75, 3.05) is 50.1 Å². The Morgan fingerprint density at radius 2 is 1.92 bits per heavy atom. The topological polar surface area (TPSA) is 63.1 Å². The number of nitrogens with one attached hydrogen (secondary N) is 2. The van der Waals surface area contributed by atoms with Gasteiger partial charge >= 0.3 is 5.97 Å². The lowest BCUT2D eigenvalue weighted by Gasteiger charge is -2.33. The molecule has 1 aliphatic heterocycles. The van der Waals surface area contributed by atoms with Gasteiger partial charge in [0, 0.05) is 5.69 Å². The van der Waals surface area contributed by atoms with E-state index < -0.39 is 5.97 Å². The van der Waals surface area contributed by atoms with Crippen molar-refractivity contribution in [2.45, 2.75) is 0 Å². The minimum Gasteiger partial charge on any atom is -0.465 e. The van der Waals surface area contributed by atoms with Crippen molar-refractivity contribution >= 4 is 33.9 Å². The lowest BCUT2D eigenvalue weighted by Crippen LogP contribution is -3.15. The van der Waals surface area contributed by atoms with Gasteiger partial charge < -0.3 is 19.9 Å². The maximum Gasteiger partial charge on any atom is 0.340 e. The molecule has 0 aliphatic carbocycles. The van der Waals surface area contributed by atoms with Crippen molar-refractivity contribution in [1.82, 2.24) is 0 Å². The largest absolute Gasteiger partial charge is 0.465 e. The van der Waals surface area contributed by atoms with Gasteiger partial charge in [0.25, 0.3) is 5.91 Å². The van der Waals surface area contributed by atoms with Crippen LogP contribution < -0.4 is 15.1 Å². The molecule has 1 saturated heterocycles. The van der Waals surface area contributed by atoms with Crippen LogP contribution in [0.15, 0.2) is 35.7 Å². The van der Waals surface area contributed by atoms with Crippen LogP contribution >= 0.6 is 11.3 Å². The van der Waals surface area contributed by atoms with E-state index in [2.05, 4.69) is 10.2 Å². The Kier molecular flexibility index (Phi) is 5.85. The zero-order chi connectivity index (χ0) is 18.5. The van der Waals surface area contributed by atoms with Crippen molar-refractivity contribution in [2.24, 2.45) is 0 Å². The number of quaternary nitrogens is 1. The quantitative estimate of drug-likeness (QED) is 0.763. The maximum atomic E-state index is 13.0. The molecular weight excluding hydrogens is 357 g/mol. The molecule has 0 radical (unpaired) electrons. The Bertz CT molecular complexity index is 770. The van der Waals surface area contributed by atoms with Crippen molar-refractivity contribution in [3.8, 4) is 0 Å². The monoisotopic (exact) mass is 378 g/mol.